The molecule has 7 heteroatoms. The lowest BCUT2D eigenvalue weighted by molar-refractivity contribution is -0.122. The van der Waals surface area contributed by atoms with Gasteiger partial charge in [-0.25, -0.2) is 0 Å². The lowest BCUT2D eigenvalue weighted by Crippen LogP contribution is -2.35. The molecule has 0 radical (unpaired) electrons. The van der Waals surface area contributed by atoms with Gasteiger partial charge in [0, 0.05) is 25.5 Å². The van der Waals surface area contributed by atoms with Crippen molar-refractivity contribution in [2.75, 3.05) is 26.2 Å². The number of nitrogens with one attached hydrogen (secondary N) is 1. The summed E-state index contributed by atoms with van der Waals surface area (Å²) in [5, 5.41) is 11.4. The van der Waals surface area contributed by atoms with E-state index < -0.39 is 0 Å². The first-order valence-electron chi connectivity index (χ1n) is 10.2. The summed E-state index contributed by atoms with van der Waals surface area (Å²) < 4.78 is 11.3. The van der Waals surface area contributed by atoms with Crippen LogP contribution in [0.5, 0.6) is 0 Å². The Bertz CT molecular complexity index is 587. The first kappa shape index (κ1) is 17.9. The molecule has 3 heterocycles. The maximum Gasteiger partial charge on any atom is 0.230 e. The number of hydrogen-bond acceptors (Lipinski definition) is 6. The molecule has 1 atom stereocenters. The van der Waals surface area contributed by atoms with E-state index >= 15 is 0 Å². The summed E-state index contributed by atoms with van der Waals surface area (Å²) >= 11 is 0. The summed E-state index contributed by atoms with van der Waals surface area (Å²) in [5.74, 6) is 2.90. The fourth-order valence-electron chi connectivity index (χ4n) is 3.91. The minimum absolute atomic E-state index is 0.168. The number of likely N-dealkylation sites (tertiary alicyclic amines) is 1. The summed E-state index contributed by atoms with van der Waals surface area (Å²) in [7, 11) is 0. The van der Waals surface area contributed by atoms with Crippen LogP contribution in [0, 0.1) is 5.92 Å². The fraction of sp³-hybridized carbons (Fsp3) is 0.842. The molecule has 3 fully saturated rings. The zero-order valence-electron chi connectivity index (χ0n) is 15.5. The van der Waals surface area contributed by atoms with Crippen LogP contribution in [0.2, 0.25) is 0 Å². The molecule has 7 nitrogen and oxygen atoms in total. The van der Waals surface area contributed by atoms with Crippen molar-refractivity contribution < 1.29 is 13.9 Å². The van der Waals surface area contributed by atoms with Crippen LogP contribution in [0.4, 0.5) is 0 Å². The first-order valence-corrected chi connectivity index (χ1v) is 10.2. The highest BCUT2D eigenvalue weighted by atomic mass is 16.5. The number of hydrogen-bond donors (Lipinski definition) is 1. The smallest absolute Gasteiger partial charge is 0.230 e. The standard InChI is InChI=1S/C19H30N4O3/c24-17(20-12-16-2-1-11-25-16)6-3-14-7-9-23(10-8-14)13-18-21-22-19(26-18)15-4-5-15/h14-16H,1-13H2,(H,20,24)/t16-/m1/s1. The molecule has 1 N–H and O–H groups in total. The van der Waals surface area contributed by atoms with Crippen LogP contribution in [0.15, 0.2) is 4.42 Å². The molecule has 1 saturated carbocycles. The molecule has 1 aliphatic carbocycles. The molecular weight excluding hydrogens is 332 g/mol. The van der Waals surface area contributed by atoms with E-state index in [0.29, 0.717) is 24.8 Å². The van der Waals surface area contributed by atoms with Crippen molar-refractivity contribution in [1.29, 1.82) is 0 Å². The minimum Gasteiger partial charge on any atom is -0.424 e. The van der Waals surface area contributed by atoms with E-state index in [0.717, 1.165) is 70.1 Å². The third-order valence-electron chi connectivity index (χ3n) is 5.81. The van der Waals surface area contributed by atoms with Gasteiger partial charge in [0.05, 0.1) is 12.6 Å². The van der Waals surface area contributed by atoms with Gasteiger partial charge in [0.1, 0.15) is 0 Å². The predicted molar refractivity (Wildman–Crippen MR) is 95.5 cm³/mol. The molecule has 144 valence electrons. The maximum atomic E-state index is 12.0. The van der Waals surface area contributed by atoms with Gasteiger partial charge >= 0.3 is 0 Å². The SMILES string of the molecule is O=C(CCC1CCN(Cc2nnc(C3CC3)o2)CC1)NC[C@H]1CCCO1. The van der Waals surface area contributed by atoms with E-state index in [1.54, 1.807) is 0 Å². The highest BCUT2D eigenvalue weighted by Crippen LogP contribution is 2.39. The molecule has 3 aliphatic rings. The minimum atomic E-state index is 0.168. The Balaban J connectivity index is 1.10. The first-order chi connectivity index (χ1) is 12.8. The molecule has 0 bridgehead atoms. The van der Waals surface area contributed by atoms with Gasteiger partial charge in [-0.3, -0.25) is 9.69 Å². The average Bonchev–Trinajstić information content (AvgIpc) is 3.17. The van der Waals surface area contributed by atoms with Crippen molar-refractivity contribution in [1.82, 2.24) is 20.4 Å². The van der Waals surface area contributed by atoms with E-state index in [-0.39, 0.29) is 12.0 Å². The second kappa shape index (κ2) is 8.48. The van der Waals surface area contributed by atoms with E-state index in [2.05, 4.69) is 20.4 Å². The van der Waals surface area contributed by atoms with Gasteiger partial charge in [-0.1, -0.05) is 0 Å². The van der Waals surface area contributed by atoms with Crippen LogP contribution < -0.4 is 5.32 Å². The quantitative estimate of drug-likeness (QED) is 0.764. The molecule has 26 heavy (non-hydrogen) atoms. The Hall–Kier alpha value is -1.47. The number of amides is 1. The van der Waals surface area contributed by atoms with Crippen molar-refractivity contribution in [3.05, 3.63) is 11.8 Å². The van der Waals surface area contributed by atoms with E-state index in [1.807, 2.05) is 0 Å². The topological polar surface area (TPSA) is 80.5 Å². The predicted octanol–water partition coefficient (Wildman–Crippen LogP) is 2.23. The second-order valence-corrected chi connectivity index (χ2v) is 8.01. The van der Waals surface area contributed by atoms with Crippen LogP contribution in [-0.4, -0.2) is 53.3 Å². The third-order valence-corrected chi connectivity index (χ3v) is 5.81. The highest BCUT2D eigenvalue weighted by Gasteiger charge is 2.30. The van der Waals surface area contributed by atoms with Crippen LogP contribution in [0.25, 0.3) is 0 Å². The Morgan fingerprint density at radius 3 is 2.73 bits per heavy atom. The van der Waals surface area contributed by atoms with E-state index in [4.69, 9.17) is 9.15 Å². The molecule has 1 amide bonds. The zero-order valence-corrected chi connectivity index (χ0v) is 15.5. The molecule has 0 spiro atoms. The average molecular weight is 362 g/mol. The molecule has 1 aromatic heterocycles. The van der Waals surface area contributed by atoms with Gasteiger partial charge < -0.3 is 14.5 Å². The normalized spacial score (nSPS) is 24.8. The van der Waals surface area contributed by atoms with Gasteiger partial charge in [0.2, 0.25) is 17.7 Å². The molecule has 2 aliphatic heterocycles. The van der Waals surface area contributed by atoms with Gasteiger partial charge in [-0.2, -0.15) is 0 Å². The Kier molecular flexibility index (Phi) is 5.84. The number of ether oxygens (including phenoxy) is 1. The van der Waals surface area contributed by atoms with Gasteiger partial charge in [-0.05, 0) is 64.0 Å². The van der Waals surface area contributed by atoms with Crippen LogP contribution in [0.1, 0.15) is 69.1 Å². The molecule has 2 saturated heterocycles. The molecule has 1 aromatic rings. The van der Waals surface area contributed by atoms with E-state index in [1.165, 1.54) is 12.8 Å². The number of piperidine rings is 1. The third kappa shape index (κ3) is 5.04. The number of nitrogens with zero attached hydrogens (tertiary/aromatic N) is 3. The van der Waals surface area contributed by atoms with Crippen molar-refractivity contribution in [2.45, 2.75) is 69.9 Å². The molecule has 0 unspecified atom stereocenters. The Labute approximate surface area is 154 Å². The highest BCUT2D eigenvalue weighted by molar-refractivity contribution is 5.75. The Morgan fingerprint density at radius 2 is 2.00 bits per heavy atom. The number of carbonyl (C=O) groups is 1. The maximum absolute atomic E-state index is 12.0. The van der Waals surface area contributed by atoms with Crippen molar-refractivity contribution in [3.8, 4) is 0 Å². The fourth-order valence-corrected chi connectivity index (χ4v) is 3.91. The molecule has 4 rings (SSSR count). The second-order valence-electron chi connectivity index (χ2n) is 8.01. The lowest BCUT2D eigenvalue weighted by Gasteiger charge is -2.30. The van der Waals surface area contributed by atoms with Gasteiger partial charge in [-0.15, -0.1) is 10.2 Å². The van der Waals surface area contributed by atoms with Gasteiger partial charge in [0.15, 0.2) is 0 Å². The summed E-state index contributed by atoms with van der Waals surface area (Å²) in [4.78, 5) is 14.4. The van der Waals surface area contributed by atoms with E-state index in [9.17, 15) is 4.79 Å². The Morgan fingerprint density at radius 1 is 1.15 bits per heavy atom. The molecular formula is C19H30N4O3. The zero-order chi connectivity index (χ0) is 17.8. The summed E-state index contributed by atoms with van der Waals surface area (Å²) in [6.07, 6.45) is 8.69. The number of aromatic nitrogens is 2. The van der Waals surface area contributed by atoms with Crippen LogP contribution in [-0.2, 0) is 16.1 Å². The summed E-state index contributed by atoms with van der Waals surface area (Å²) in [6.45, 7) is 4.36. The van der Waals surface area contributed by atoms with Crippen LogP contribution >= 0.6 is 0 Å². The summed E-state index contributed by atoms with van der Waals surface area (Å²) in [6, 6.07) is 0. The van der Waals surface area contributed by atoms with Crippen molar-refractivity contribution >= 4 is 5.91 Å². The lowest BCUT2D eigenvalue weighted by atomic mass is 9.92. The van der Waals surface area contributed by atoms with Gasteiger partial charge in [0.25, 0.3) is 0 Å². The molecule has 0 aromatic carbocycles. The monoisotopic (exact) mass is 362 g/mol. The number of carbonyl (C=O) groups excluding carboxylic acids is 1. The largest absolute Gasteiger partial charge is 0.424 e. The summed E-state index contributed by atoms with van der Waals surface area (Å²) in [5.41, 5.74) is 0. The van der Waals surface area contributed by atoms with Crippen molar-refractivity contribution in [3.63, 3.8) is 0 Å². The van der Waals surface area contributed by atoms with Crippen LogP contribution in [0.3, 0.4) is 0 Å². The van der Waals surface area contributed by atoms with Crippen molar-refractivity contribution in [2.24, 2.45) is 5.92 Å². The number of rotatable bonds is 8.